The number of rotatable bonds is 7. The molecular formula is C15H25NO. The number of nitrogens with one attached hydrogen (secondary N) is 1. The number of hydrogen-bond acceptors (Lipinski definition) is 2. The van der Waals surface area contributed by atoms with Crippen molar-refractivity contribution in [3.63, 3.8) is 0 Å². The summed E-state index contributed by atoms with van der Waals surface area (Å²) in [5, 5.41) is 13.0. The van der Waals surface area contributed by atoms with Crippen molar-refractivity contribution >= 4 is 0 Å². The molecule has 0 bridgehead atoms. The van der Waals surface area contributed by atoms with Crippen molar-refractivity contribution < 1.29 is 5.11 Å². The molecule has 1 aromatic rings. The van der Waals surface area contributed by atoms with E-state index in [1.807, 2.05) is 12.1 Å². The molecule has 0 radical (unpaired) electrons. The minimum Gasteiger partial charge on any atom is -0.508 e. The van der Waals surface area contributed by atoms with Crippen LogP contribution in [0.3, 0.4) is 0 Å². The van der Waals surface area contributed by atoms with Crippen LogP contribution in [0.4, 0.5) is 0 Å². The Bertz CT molecular complexity index is 337. The van der Waals surface area contributed by atoms with Crippen LogP contribution < -0.4 is 5.32 Å². The van der Waals surface area contributed by atoms with Gasteiger partial charge in [-0.2, -0.15) is 0 Å². The standard InChI is InChI=1S/C15H25NO/c1-4-9-16-12-15(3,5-2)11-13-7-6-8-14(17)10-13/h6-8,10,16-17H,4-5,9,11-12H2,1-3H3. The average Bonchev–Trinajstić information content (AvgIpc) is 2.29. The minimum atomic E-state index is 0.267. The lowest BCUT2D eigenvalue weighted by Gasteiger charge is -2.29. The fourth-order valence-electron chi connectivity index (χ4n) is 2.04. The molecule has 0 heterocycles. The van der Waals surface area contributed by atoms with Gasteiger partial charge in [-0.25, -0.2) is 0 Å². The summed E-state index contributed by atoms with van der Waals surface area (Å²) >= 11 is 0. The van der Waals surface area contributed by atoms with E-state index >= 15 is 0 Å². The Morgan fingerprint density at radius 1 is 1.29 bits per heavy atom. The Morgan fingerprint density at radius 3 is 2.65 bits per heavy atom. The summed E-state index contributed by atoms with van der Waals surface area (Å²) in [5.74, 6) is 0.363. The van der Waals surface area contributed by atoms with E-state index in [2.05, 4.69) is 32.2 Å². The van der Waals surface area contributed by atoms with Gasteiger partial charge >= 0.3 is 0 Å². The van der Waals surface area contributed by atoms with Gasteiger partial charge in [0.2, 0.25) is 0 Å². The first kappa shape index (κ1) is 14.0. The molecule has 0 spiro atoms. The number of aromatic hydroxyl groups is 1. The fraction of sp³-hybridized carbons (Fsp3) is 0.600. The van der Waals surface area contributed by atoms with E-state index in [0.717, 1.165) is 25.9 Å². The summed E-state index contributed by atoms with van der Waals surface area (Å²) in [5.41, 5.74) is 1.48. The molecule has 0 fully saturated rings. The summed E-state index contributed by atoms with van der Waals surface area (Å²) in [6, 6.07) is 7.60. The van der Waals surface area contributed by atoms with Gasteiger partial charge in [-0.3, -0.25) is 0 Å². The average molecular weight is 235 g/mol. The van der Waals surface area contributed by atoms with Crippen LogP contribution >= 0.6 is 0 Å². The Labute approximate surface area is 105 Å². The molecule has 0 saturated heterocycles. The van der Waals surface area contributed by atoms with Crippen LogP contribution in [0.2, 0.25) is 0 Å². The maximum absolute atomic E-state index is 9.48. The van der Waals surface area contributed by atoms with Crippen LogP contribution in [-0.2, 0) is 6.42 Å². The largest absolute Gasteiger partial charge is 0.508 e. The molecule has 1 unspecified atom stereocenters. The van der Waals surface area contributed by atoms with Crippen LogP contribution in [0.15, 0.2) is 24.3 Å². The minimum absolute atomic E-state index is 0.267. The van der Waals surface area contributed by atoms with Crippen LogP contribution in [0.5, 0.6) is 5.75 Å². The van der Waals surface area contributed by atoms with Crippen LogP contribution in [0, 0.1) is 5.41 Å². The molecule has 0 saturated carbocycles. The van der Waals surface area contributed by atoms with E-state index in [9.17, 15) is 5.11 Å². The molecule has 2 nitrogen and oxygen atoms in total. The maximum Gasteiger partial charge on any atom is 0.115 e. The molecule has 0 aromatic heterocycles. The Hall–Kier alpha value is -1.02. The molecule has 0 amide bonds. The van der Waals surface area contributed by atoms with Gasteiger partial charge in [0.05, 0.1) is 0 Å². The highest BCUT2D eigenvalue weighted by molar-refractivity contribution is 5.27. The molecule has 0 aliphatic heterocycles. The van der Waals surface area contributed by atoms with Gasteiger partial charge in [-0.15, -0.1) is 0 Å². The highest BCUT2D eigenvalue weighted by atomic mass is 16.3. The number of benzene rings is 1. The highest BCUT2D eigenvalue weighted by Gasteiger charge is 2.22. The summed E-state index contributed by atoms with van der Waals surface area (Å²) in [6.45, 7) is 8.84. The Balaban J connectivity index is 2.61. The topological polar surface area (TPSA) is 32.3 Å². The molecule has 0 aliphatic carbocycles. The van der Waals surface area contributed by atoms with E-state index in [1.165, 1.54) is 12.0 Å². The van der Waals surface area contributed by atoms with Crippen molar-refractivity contribution in [1.82, 2.24) is 5.32 Å². The first-order valence-electron chi connectivity index (χ1n) is 6.58. The fourth-order valence-corrected chi connectivity index (χ4v) is 2.04. The quantitative estimate of drug-likeness (QED) is 0.710. The zero-order valence-electron chi connectivity index (χ0n) is 11.3. The number of hydrogen-bond donors (Lipinski definition) is 2. The van der Waals surface area contributed by atoms with E-state index in [0.29, 0.717) is 5.75 Å². The molecule has 1 rings (SSSR count). The second kappa shape index (κ2) is 6.65. The number of phenols is 1. The first-order valence-corrected chi connectivity index (χ1v) is 6.58. The monoisotopic (exact) mass is 235 g/mol. The van der Waals surface area contributed by atoms with E-state index in [-0.39, 0.29) is 5.41 Å². The van der Waals surface area contributed by atoms with Crippen LogP contribution in [0.1, 0.15) is 39.2 Å². The van der Waals surface area contributed by atoms with Gasteiger partial charge in [0.25, 0.3) is 0 Å². The summed E-state index contributed by atoms with van der Waals surface area (Å²) < 4.78 is 0. The SMILES string of the molecule is CCCNCC(C)(CC)Cc1cccc(O)c1. The molecular weight excluding hydrogens is 210 g/mol. The zero-order chi connectivity index (χ0) is 12.7. The third kappa shape index (κ3) is 4.78. The normalized spacial score (nSPS) is 14.5. The van der Waals surface area contributed by atoms with Crippen LogP contribution in [0.25, 0.3) is 0 Å². The molecule has 1 atom stereocenters. The maximum atomic E-state index is 9.48. The van der Waals surface area contributed by atoms with E-state index in [4.69, 9.17) is 0 Å². The lowest BCUT2D eigenvalue weighted by molar-refractivity contribution is 0.290. The third-order valence-corrected chi connectivity index (χ3v) is 3.37. The second-order valence-corrected chi connectivity index (χ2v) is 5.19. The van der Waals surface area contributed by atoms with Gasteiger partial charge in [-0.1, -0.05) is 32.9 Å². The van der Waals surface area contributed by atoms with Crippen molar-refractivity contribution in [2.24, 2.45) is 5.41 Å². The smallest absolute Gasteiger partial charge is 0.115 e. The van der Waals surface area contributed by atoms with Gasteiger partial charge < -0.3 is 10.4 Å². The zero-order valence-corrected chi connectivity index (χ0v) is 11.3. The molecule has 2 N–H and O–H groups in total. The van der Waals surface area contributed by atoms with Crippen molar-refractivity contribution in [3.8, 4) is 5.75 Å². The Kier molecular flexibility index (Phi) is 5.49. The van der Waals surface area contributed by atoms with Crippen molar-refractivity contribution in [2.75, 3.05) is 13.1 Å². The molecule has 1 aromatic carbocycles. The summed E-state index contributed by atoms with van der Waals surface area (Å²) in [6.07, 6.45) is 3.32. The highest BCUT2D eigenvalue weighted by Crippen LogP contribution is 2.27. The second-order valence-electron chi connectivity index (χ2n) is 5.19. The van der Waals surface area contributed by atoms with E-state index < -0.39 is 0 Å². The molecule has 0 aliphatic rings. The first-order chi connectivity index (χ1) is 8.09. The van der Waals surface area contributed by atoms with Crippen molar-refractivity contribution in [2.45, 2.75) is 40.0 Å². The molecule has 96 valence electrons. The van der Waals surface area contributed by atoms with Crippen LogP contribution in [-0.4, -0.2) is 18.2 Å². The predicted octanol–water partition coefficient (Wildman–Crippen LogP) is 3.35. The summed E-state index contributed by atoms with van der Waals surface area (Å²) in [7, 11) is 0. The summed E-state index contributed by atoms with van der Waals surface area (Å²) in [4.78, 5) is 0. The van der Waals surface area contributed by atoms with Gasteiger partial charge in [0, 0.05) is 6.54 Å². The predicted molar refractivity (Wildman–Crippen MR) is 73.4 cm³/mol. The van der Waals surface area contributed by atoms with Crippen molar-refractivity contribution in [1.29, 1.82) is 0 Å². The lowest BCUT2D eigenvalue weighted by Crippen LogP contribution is -2.33. The molecule has 17 heavy (non-hydrogen) atoms. The lowest BCUT2D eigenvalue weighted by atomic mass is 9.81. The Morgan fingerprint density at radius 2 is 2.06 bits per heavy atom. The number of phenolic OH excluding ortho intramolecular Hbond substituents is 1. The third-order valence-electron chi connectivity index (χ3n) is 3.37. The van der Waals surface area contributed by atoms with Crippen molar-refractivity contribution in [3.05, 3.63) is 29.8 Å². The van der Waals surface area contributed by atoms with Gasteiger partial charge in [0.1, 0.15) is 5.75 Å². The van der Waals surface area contributed by atoms with E-state index in [1.54, 1.807) is 6.07 Å². The van der Waals surface area contributed by atoms with Gasteiger partial charge in [0.15, 0.2) is 0 Å². The van der Waals surface area contributed by atoms with Gasteiger partial charge in [-0.05, 0) is 48.9 Å². The molecule has 2 heteroatoms.